The largest absolute Gasteiger partial charge is 0.481 e. The number of carbonyl (C=O) groups excluding carboxylic acids is 1. The summed E-state index contributed by atoms with van der Waals surface area (Å²) in [5, 5.41) is 19.6. The van der Waals surface area contributed by atoms with E-state index in [0.717, 1.165) is 12.8 Å². The maximum Gasteiger partial charge on any atom is 0.303 e. The normalized spacial score (nSPS) is 17.7. The number of anilines is 1. The number of carboxylic acids is 1. The molecule has 1 aliphatic rings. The van der Waals surface area contributed by atoms with E-state index in [-0.39, 0.29) is 35.2 Å². The van der Waals surface area contributed by atoms with Crippen LogP contribution in [0.3, 0.4) is 0 Å². The van der Waals surface area contributed by atoms with Gasteiger partial charge in [-0.15, -0.1) is 0 Å². The summed E-state index contributed by atoms with van der Waals surface area (Å²) in [6.45, 7) is 0.999. The van der Waals surface area contributed by atoms with Crippen molar-refractivity contribution < 1.29 is 19.6 Å². The highest BCUT2D eigenvalue weighted by atomic mass is 16.6. The number of rotatable bonds is 5. The average molecular weight is 321 g/mol. The molecule has 1 aliphatic heterocycles. The van der Waals surface area contributed by atoms with Crippen LogP contribution in [0, 0.1) is 16.0 Å². The maximum atomic E-state index is 12.6. The molecule has 0 spiro atoms. The van der Waals surface area contributed by atoms with Gasteiger partial charge in [-0.3, -0.25) is 19.7 Å². The van der Waals surface area contributed by atoms with Crippen molar-refractivity contribution in [2.45, 2.75) is 25.7 Å². The van der Waals surface area contributed by atoms with Gasteiger partial charge in [0, 0.05) is 37.3 Å². The number of aliphatic carboxylic acids is 1. The van der Waals surface area contributed by atoms with Crippen LogP contribution in [0.5, 0.6) is 0 Å². The second-order valence-electron chi connectivity index (χ2n) is 5.72. The van der Waals surface area contributed by atoms with Gasteiger partial charge in [-0.05, 0) is 31.2 Å². The van der Waals surface area contributed by atoms with E-state index in [1.807, 2.05) is 0 Å². The van der Waals surface area contributed by atoms with Crippen LogP contribution in [0.15, 0.2) is 18.2 Å². The lowest BCUT2D eigenvalue weighted by Crippen LogP contribution is -2.40. The Balaban J connectivity index is 2.11. The number of nitro benzene ring substituents is 1. The molecule has 1 aromatic carbocycles. The fourth-order valence-corrected chi connectivity index (χ4v) is 2.83. The Morgan fingerprint density at radius 1 is 1.43 bits per heavy atom. The number of carbonyl (C=O) groups is 2. The van der Waals surface area contributed by atoms with E-state index in [1.165, 1.54) is 18.2 Å². The highest BCUT2D eigenvalue weighted by Crippen LogP contribution is 2.26. The topological polar surface area (TPSA) is 127 Å². The predicted molar refractivity (Wildman–Crippen MR) is 83.0 cm³/mol. The molecule has 0 radical (unpaired) electrons. The molecule has 2 rings (SSSR count). The van der Waals surface area contributed by atoms with Crippen molar-refractivity contribution in [3.05, 3.63) is 33.9 Å². The lowest BCUT2D eigenvalue weighted by Gasteiger charge is -2.33. The minimum atomic E-state index is -0.851. The first-order valence-corrected chi connectivity index (χ1v) is 7.43. The number of piperidine rings is 1. The highest BCUT2D eigenvalue weighted by molar-refractivity contribution is 5.99. The quantitative estimate of drug-likeness (QED) is 0.484. The number of hydrogen-bond acceptors (Lipinski definition) is 5. The van der Waals surface area contributed by atoms with Crippen LogP contribution in [0.25, 0.3) is 0 Å². The van der Waals surface area contributed by atoms with Crippen molar-refractivity contribution in [2.24, 2.45) is 5.92 Å². The summed E-state index contributed by atoms with van der Waals surface area (Å²) in [4.78, 5) is 35.1. The van der Waals surface area contributed by atoms with Crippen molar-refractivity contribution >= 4 is 23.3 Å². The number of non-ortho nitro benzene ring substituents is 1. The smallest absolute Gasteiger partial charge is 0.303 e. The first kappa shape index (κ1) is 16.7. The maximum absolute atomic E-state index is 12.6. The van der Waals surface area contributed by atoms with E-state index in [1.54, 1.807) is 4.90 Å². The first-order valence-electron chi connectivity index (χ1n) is 7.43. The van der Waals surface area contributed by atoms with Gasteiger partial charge in [-0.2, -0.15) is 0 Å². The molecule has 1 heterocycles. The molecule has 23 heavy (non-hydrogen) atoms. The van der Waals surface area contributed by atoms with Crippen LogP contribution in [0.1, 0.15) is 36.0 Å². The molecular formula is C15H19N3O5. The van der Waals surface area contributed by atoms with Crippen LogP contribution in [0.2, 0.25) is 0 Å². The third kappa shape index (κ3) is 4.18. The molecule has 1 aromatic rings. The van der Waals surface area contributed by atoms with Gasteiger partial charge in [0.25, 0.3) is 11.6 Å². The van der Waals surface area contributed by atoms with Crippen LogP contribution in [-0.2, 0) is 4.79 Å². The van der Waals surface area contributed by atoms with Crippen molar-refractivity contribution in [3.63, 3.8) is 0 Å². The fraction of sp³-hybridized carbons (Fsp3) is 0.467. The van der Waals surface area contributed by atoms with Gasteiger partial charge in [-0.1, -0.05) is 0 Å². The molecule has 8 nitrogen and oxygen atoms in total. The summed E-state index contributed by atoms with van der Waals surface area (Å²) < 4.78 is 0. The Labute approximate surface area is 133 Å². The molecule has 124 valence electrons. The fourth-order valence-electron chi connectivity index (χ4n) is 2.83. The molecule has 1 amide bonds. The zero-order chi connectivity index (χ0) is 17.0. The van der Waals surface area contributed by atoms with Crippen LogP contribution < -0.4 is 5.73 Å². The lowest BCUT2D eigenvalue weighted by atomic mass is 9.93. The summed E-state index contributed by atoms with van der Waals surface area (Å²) >= 11 is 0. The lowest BCUT2D eigenvalue weighted by molar-refractivity contribution is -0.384. The van der Waals surface area contributed by atoms with E-state index in [4.69, 9.17) is 10.8 Å². The monoisotopic (exact) mass is 321 g/mol. The molecule has 0 bridgehead atoms. The molecule has 3 N–H and O–H groups in total. The molecule has 0 saturated carbocycles. The van der Waals surface area contributed by atoms with Crippen molar-refractivity contribution in [1.29, 1.82) is 0 Å². The second kappa shape index (κ2) is 7.08. The SMILES string of the molecule is Nc1ccc([N+](=O)[O-])cc1C(=O)N1CCCC(CCC(=O)O)C1. The Morgan fingerprint density at radius 3 is 2.83 bits per heavy atom. The van der Waals surface area contributed by atoms with Gasteiger partial charge in [-0.25, -0.2) is 0 Å². The summed E-state index contributed by atoms with van der Waals surface area (Å²) in [7, 11) is 0. The Bertz CT molecular complexity index is 632. The summed E-state index contributed by atoms with van der Waals surface area (Å²) in [5.41, 5.74) is 5.93. The Morgan fingerprint density at radius 2 is 2.17 bits per heavy atom. The molecule has 0 aromatic heterocycles. The highest BCUT2D eigenvalue weighted by Gasteiger charge is 2.26. The van der Waals surface area contributed by atoms with Crippen LogP contribution >= 0.6 is 0 Å². The van der Waals surface area contributed by atoms with Crippen molar-refractivity contribution in [1.82, 2.24) is 4.90 Å². The van der Waals surface area contributed by atoms with Gasteiger partial charge < -0.3 is 15.7 Å². The standard InChI is InChI=1S/C15H19N3O5/c16-13-5-4-11(18(22)23)8-12(13)15(21)17-7-1-2-10(9-17)3-6-14(19)20/h4-5,8,10H,1-3,6-7,9,16H2,(H,19,20). The van der Waals surface area contributed by atoms with E-state index in [2.05, 4.69) is 0 Å². The zero-order valence-electron chi connectivity index (χ0n) is 12.6. The van der Waals surface area contributed by atoms with Crippen molar-refractivity contribution in [2.75, 3.05) is 18.8 Å². The minimum Gasteiger partial charge on any atom is -0.481 e. The predicted octanol–water partition coefficient (Wildman–Crippen LogP) is 1.89. The number of nitrogen functional groups attached to an aromatic ring is 1. The molecule has 1 saturated heterocycles. The molecule has 1 atom stereocenters. The van der Waals surface area contributed by atoms with E-state index < -0.39 is 10.9 Å². The van der Waals surface area contributed by atoms with Gasteiger partial charge in [0.1, 0.15) is 0 Å². The molecule has 1 unspecified atom stereocenters. The Hall–Kier alpha value is -2.64. The second-order valence-corrected chi connectivity index (χ2v) is 5.72. The van der Waals surface area contributed by atoms with Gasteiger partial charge in [0.2, 0.25) is 0 Å². The summed E-state index contributed by atoms with van der Waals surface area (Å²) in [5.74, 6) is -1.06. The molecular weight excluding hydrogens is 302 g/mol. The number of amides is 1. The number of nitrogens with zero attached hydrogens (tertiary/aromatic N) is 2. The van der Waals surface area contributed by atoms with Gasteiger partial charge in [0.05, 0.1) is 10.5 Å². The summed E-state index contributed by atoms with van der Waals surface area (Å²) in [6, 6.07) is 3.81. The minimum absolute atomic E-state index is 0.0750. The number of nitrogens with two attached hydrogens (primary N) is 1. The number of hydrogen-bond donors (Lipinski definition) is 2. The number of likely N-dealkylation sites (tertiary alicyclic amines) is 1. The third-order valence-electron chi connectivity index (χ3n) is 4.05. The first-order chi connectivity index (χ1) is 10.9. The molecule has 1 fully saturated rings. The van der Waals surface area contributed by atoms with Gasteiger partial charge >= 0.3 is 5.97 Å². The van der Waals surface area contributed by atoms with Crippen LogP contribution in [0.4, 0.5) is 11.4 Å². The van der Waals surface area contributed by atoms with Crippen LogP contribution in [-0.4, -0.2) is 39.9 Å². The third-order valence-corrected chi connectivity index (χ3v) is 4.05. The molecule has 8 heteroatoms. The van der Waals surface area contributed by atoms with Gasteiger partial charge in [0.15, 0.2) is 0 Å². The van der Waals surface area contributed by atoms with E-state index in [9.17, 15) is 19.7 Å². The van der Waals surface area contributed by atoms with E-state index in [0.29, 0.717) is 19.5 Å². The zero-order valence-corrected chi connectivity index (χ0v) is 12.6. The van der Waals surface area contributed by atoms with Crippen molar-refractivity contribution in [3.8, 4) is 0 Å². The summed E-state index contributed by atoms with van der Waals surface area (Å²) in [6.07, 6.45) is 2.25. The number of nitro groups is 1. The van der Waals surface area contributed by atoms with E-state index >= 15 is 0 Å². The molecule has 0 aliphatic carbocycles. The average Bonchev–Trinajstić information content (AvgIpc) is 2.52. The number of carboxylic acid groups (broad SMARTS) is 1. The number of benzene rings is 1. The Kier molecular flexibility index (Phi) is 5.15.